The molecule has 62 valence electrons. The molecule has 2 nitrogen and oxygen atoms in total. The van der Waals surface area contributed by atoms with Crippen molar-refractivity contribution in [1.29, 1.82) is 0 Å². The maximum Gasteiger partial charge on any atom is 0.499 e. The van der Waals surface area contributed by atoms with Gasteiger partial charge in [0.05, 0.1) is 6.20 Å². The van der Waals surface area contributed by atoms with Crippen LogP contribution in [0.25, 0.3) is 0 Å². The van der Waals surface area contributed by atoms with Crippen LogP contribution < -0.4 is 0 Å². The summed E-state index contributed by atoms with van der Waals surface area (Å²) in [7, 11) is 0. The molecule has 0 aliphatic rings. The number of hydrogen-bond acceptors (Lipinski definition) is 1. The van der Waals surface area contributed by atoms with Crippen molar-refractivity contribution in [1.82, 2.24) is 9.78 Å². The lowest BCUT2D eigenvalue weighted by molar-refractivity contribution is 0.436. The highest BCUT2D eigenvalue weighted by Crippen LogP contribution is 2.10. The first-order valence-corrected chi connectivity index (χ1v) is 3.17. The van der Waals surface area contributed by atoms with E-state index in [-0.39, 0.29) is 0 Å². The molecule has 0 aromatic carbocycles. The fourth-order valence-electron chi connectivity index (χ4n) is 0.779. The zero-order valence-corrected chi connectivity index (χ0v) is 5.97. The molecule has 0 atom stereocenters. The molecule has 1 heterocycles. The highest BCUT2D eigenvalue weighted by molar-refractivity contribution is 6.57. The van der Waals surface area contributed by atoms with Gasteiger partial charge in [-0.1, -0.05) is 0 Å². The predicted octanol–water partition coefficient (Wildman–Crippen LogP) is 1.58. The molecule has 0 fully saturated rings. The third-order valence-electron chi connectivity index (χ3n) is 1.16. The SMILES string of the molecule is Cc1cnn(C[B-](F)(F)F)c1. The lowest BCUT2D eigenvalue weighted by Gasteiger charge is -2.12. The lowest BCUT2D eigenvalue weighted by Crippen LogP contribution is -2.24. The third kappa shape index (κ3) is 2.65. The second-order valence-corrected chi connectivity index (χ2v) is 2.45. The lowest BCUT2D eigenvalue weighted by atomic mass is 9.93. The van der Waals surface area contributed by atoms with Gasteiger partial charge in [0.15, 0.2) is 0 Å². The van der Waals surface area contributed by atoms with Crippen molar-refractivity contribution in [2.75, 3.05) is 0 Å². The van der Waals surface area contributed by atoms with Gasteiger partial charge in [0.25, 0.3) is 0 Å². The number of aromatic nitrogens is 2. The van der Waals surface area contributed by atoms with Crippen molar-refractivity contribution >= 4 is 6.98 Å². The highest BCUT2D eigenvalue weighted by atomic mass is 19.4. The molecular weight excluding hydrogens is 156 g/mol. The molecule has 0 amide bonds. The zero-order chi connectivity index (χ0) is 8.48. The van der Waals surface area contributed by atoms with E-state index in [0.717, 1.165) is 10.2 Å². The standard InChI is InChI=1S/C5H7BF3N2/c1-5-2-10-11(3-5)4-6(7,8)9/h2-3H,4H2,1H3/q-1. The largest absolute Gasteiger partial charge is 0.499 e. The van der Waals surface area contributed by atoms with E-state index in [2.05, 4.69) is 5.10 Å². The summed E-state index contributed by atoms with van der Waals surface area (Å²) in [4.78, 5) is 0. The minimum absolute atomic E-state index is 0.741. The van der Waals surface area contributed by atoms with E-state index in [1.807, 2.05) is 0 Å². The first kappa shape index (κ1) is 8.16. The van der Waals surface area contributed by atoms with Crippen molar-refractivity contribution in [3.8, 4) is 0 Å². The highest BCUT2D eigenvalue weighted by Gasteiger charge is 2.23. The predicted molar refractivity (Wildman–Crippen MR) is 36.0 cm³/mol. The van der Waals surface area contributed by atoms with E-state index < -0.39 is 13.4 Å². The Balaban J connectivity index is 2.65. The molecule has 0 N–H and O–H groups in total. The van der Waals surface area contributed by atoms with Crippen LogP contribution in [0.1, 0.15) is 5.56 Å². The first-order chi connectivity index (χ1) is 4.97. The summed E-state index contributed by atoms with van der Waals surface area (Å²) < 4.78 is 36.2. The maximum atomic E-state index is 11.8. The second-order valence-electron chi connectivity index (χ2n) is 2.45. The minimum atomic E-state index is -4.77. The van der Waals surface area contributed by atoms with Crippen molar-refractivity contribution in [2.45, 2.75) is 13.4 Å². The number of halogens is 3. The fourth-order valence-corrected chi connectivity index (χ4v) is 0.779. The summed E-state index contributed by atoms with van der Waals surface area (Å²) in [5, 5.41) is 3.51. The molecule has 0 bridgehead atoms. The maximum absolute atomic E-state index is 11.8. The van der Waals surface area contributed by atoms with Crippen LogP contribution in [-0.2, 0) is 6.44 Å². The van der Waals surface area contributed by atoms with Crippen LogP contribution >= 0.6 is 0 Å². The van der Waals surface area contributed by atoms with Gasteiger partial charge in [-0.3, -0.25) is 4.68 Å². The molecular formula is C5H7BF3N2-. The summed E-state index contributed by atoms with van der Waals surface area (Å²) >= 11 is 0. The smallest absolute Gasteiger partial charge is 0.448 e. The van der Waals surface area contributed by atoms with Gasteiger partial charge in [-0.05, 0) is 12.5 Å². The molecule has 11 heavy (non-hydrogen) atoms. The first-order valence-electron chi connectivity index (χ1n) is 3.17. The molecule has 0 unspecified atom stereocenters. The van der Waals surface area contributed by atoms with Gasteiger partial charge in [-0.2, -0.15) is 5.10 Å². The van der Waals surface area contributed by atoms with Gasteiger partial charge < -0.3 is 12.9 Å². The Kier molecular flexibility index (Phi) is 1.93. The van der Waals surface area contributed by atoms with Gasteiger partial charge in [-0.25, -0.2) is 0 Å². The molecule has 0 aliphatic heterocycles. The van der Waals surface area contributed by atoms with E-state index in [1.54, 1.807) is 6.92 Å². The molecule has 6 heteroatoms. The fraction of sp³-hybridized carbons (Fsp3) is 0.400. The Labute approximate surface area is 62.1 Å². The van der Waals surface area contributed by atoms with E-state index in [4.69, 9.17) is 0 Å². The Morgan fingerprint density at radius 2 is 2.18 bits per heavy atom. The Morgan fingerprint density at radius 1 is 1.55 bits per heavy atom. The average molecular weight is 163 g/mol. The van der Waals surface area contributed by atoms with Crippen molar-refractivity contribution < 1.29 is 12.9 Å². The van der Waals surface area contributed by atoms with E-state index in [9.17, 15) is 12.9 Å². The van der Waals surface area contributed by atoms with Gasteiger partial charge in [0.1, 0.15) is 0 Å². The summed E-state index contributed by atoms with van der Waals surface area (Å²) in [6.45, 7) is -3.07. The van der Waals surface area contributed by atoms with Crippen LogP contribution in [0.5, 0.6) is 0 Å². The summed E-state index contributed by atoms with van der Waals surface area (Å²) in [6, 6.07) is 0. The number of nitrogens with zero attached hydrogens (tertiary/aromatic N) is 2. The number of hydrogen-bond donors (Lipinski definition) is 0. The van der Waals surface area contributed by atoms with Crippen molar-refractivity contribution in [3.05, 3.63) is 18.0 Å². The normalized spacial score (nSPS) is 12.0. The third-order valence-corrected chi connectivity index (χ3v) is 1.16. The minimum Gasteiger partial charge on any atom is -0.448 e. The zero-order valence-electron chi connectivity index (χ0n) is 5.97. The van der Waals surface area contributed by atoms with E-state index in [1.165, 1.54) is 12.4 Å². The summed E-state index contributed by atoms with van der Waals surface area (Å²) in [5.41, 5.74) is 0.741. The van der Waals surface area contributed by atoms with Crippen LogP contribution in [0.3, 0.4) is 0 Å². The van der Waals surface area contributed by atoms with Crippen LogP contribution in [0.2, 0.25) is 0 Å². The molecule has 1 rings (SSSR count). The molecule has 0 saturated carbocycles. The van der Waals surface area contributed by atoms with E-state index >= 15 is 0 Å². The molecule has 0 saturated heterocycles. The van der Waals surface area contributed by atoms with Crippen LogP contribution in [0, 0.1) is 6.92 Å². The quantitative estimate of drug-likeness (QED) is 0.605. The van der Waals surface area contributed by atoms with Gasteiger partial charge in [-0.15, -0.1) is 0 Å². The number of rotatable bonds is 2. The van der Waals surface area contributed by atoms with Crippen LogP contribution in [-0.4, -0.2) is 16.8 Å². The van der Waals surface area contributed by atoms with Crippen LogP contribution in [0.4, 0.5) is 12.9 Å². The van der Waals surface area contributed by atoms with Gasteiger partial charge in [0, 0.05) is 12.6 Å². The second kappa shape index (κ2) is 2.60. The van der Waals surface area contributed by atoms with Gasteiger partial charge in [0.2, 0.25) is 0 Å². The summed E-state index contributed by atoms with van der Waals surface area (Å²) in [6.07, 6.45) is 1.82. The molecule has 1 aromatic rings. The molecule has 1 aromatic heterocycles. The molecule has 0 radical (unpaired) electrons. The monoisotopic (exact) mass is 163 g/mol. The van der Waals surface area contributed by atoms with Crippen molar-refractivity contribution in [3.63, 3.8) is 0 Å². The molecule has 0 aliphatic carbocycles. The Hall–Kier alpha value is -0.935. The Bertz CT molecular complexity index is 242. The van der Waals surface area contributed by atoms with Gasteiger partial charge >= 0.3 is 6.98 Å². The topological polar surface area (TPSA) is 17.8 Å². The van der Waals surface area contributed by atoms with E-state index in [0.29, 0.717) is 0 Å². The number of aryl methyl sites for hydroxylation is 1. The Morgan fingerprint density at radius 3 is 2.55 bits per heavy atom. The summed E-state index contributed by atoms with van der Waals surface area (Å²) in [5.74, 6) is 0. The van der Waals surface area contributed by atoms with Crippen molar-refractivity contribution in [2.24, 2.45) is 0 Å². The van der Waals surface area contributed by atoms with Crippen LogP contribution in [0.15, 0.2) is 12.4 Å². The molecule has 0 spiro atoms. The average Bonchev–Trinajstić information content (AvgIpc) is 2.10.